The summed E-state index contributed by atoms with van der Waals surface area (Å²) in [5.41, 5.74) is 0.738. The Bertz CT molecular complexity index is 636. The first-order valence-electron chi connectivity index (χ1n) is 9.63. The first-order valence-corrected chi connectivity index (χ1v) is 9.63. The van der Waals surface area contributed by atoms with Crippen molar-refractivity contribution < 1.29 is 5.11 Å². The van der Waals surface area contributed by atoms with Crippen LogP contribution < -0.4 is 15.9 Å². The lowest BCUT2D eigenvalue weighted by atomic mass is 9.72. The summed E-state index contributed by atoms with van der Waals surface area (Å²) < 4.78 is 0. The zero-order valence-corrected chi connectivity index (χ0v) is 15.3. The minimum atomic E-state index is -0.561. The molecule has 2 heterocycles. The first-order chi connectivity index (χ1) is 11.7. The lowest BCUT2D eigenvalue weighted by molar-refractivity contribution is -0.0318. The minimum absolute atomic E-state index is 0.187. The quantitative estimate of drug-likeness (QED) is 0.779. The highest BCUT2D eigenvalue weighted by Crippen LogP contribution is 2.39. The molecule has 1 saturated carbocycles. The van der Waals surface area contributed by atoms with Crippen molar-refractivity contribution in [3.05, 3.63) is 22.3 Å². The average Bonchev–Trinajstić information content (AvgIpc) is 3.03. The number of nitrogens with one attached hydrogen (secondary N) is 2. The third-order valence-electron chi connectivity index (χ3n) is 5.96. The van der Waals surface area contributed by atoms with Crippen LogP contribution in [0.25, 0.3) is 12.2 Å². The Hall–Kier alpha value is -1.10. The van der Waals surface area contributed by atoms with E-state index in [-0.39, 0.29) is 5.92 Å². The van der Waals surface area contributed by atoms with E-state index in [1.807, 2.05) is 0 Å². The van der Waals surface area contributed by atoms with Gasteiger partial charge < -0.3 is 20.3 Å². The van der Waals surface area contributed by atoms with Gasteiger partial charge in [0.2, 0.25) is 0 Å². The van der Waals surface area contributed by atoms with E-state index in [1.54, 1.807) is 0 Å². The Morgan fingerprint density at radius 3 is 2.50 bits per heavy atom. The van der Waals surface area contributed by atoms with Gasteiger partial charge in [-0.05, 0) is 37.5 Å². The fourth-order valence-corrected chi connectivity index (χ4v) is 4.54. The molecule has 0 spiro atoms. The molecule has 1 aliphatic heterocycles. The number of nitrogens with zero attached hydrogens (tertiary/aromatic N) is 1. The summed E-state index contributed by atoms with van der Waals surface area (Å²) in [7, 11) is 0. The van der Waals surface area contributed by atoms with Crippen molar-refractivity contribution in [3.8, 4) is 0 Å². The molecule has 3 rings (SSSR count). The molecule has 0 radical (unpaired) electrons. The van der Waals surface area contributed by atoms with Crippen LogP contribution in [0.3, 0.4) is 0 Å². The number of rotatable bonds is 4. The number of piperazine rings is 1. The normalized spacial score (nSPS) is 25.1. The second-order valence-corrected chi connectivity index (χ2v) is 7.42. The standard InChI is InChI=1S/C20H33N3O/c1-3-16-17(14-22-19(16)4-2)18(15-23-12-10-21-11-13-23)20(24)8-6-5-7-9-20/h3-4,14,18,21-22,24H,5-13,15H2,1-2H3/b16-3-,19-4+. The maximum absolute atomic E-state index is 11.5. The molecule has 4 nitrogen and oxygen atoms in total. The topological polar surface area (TPSA) is 51.3 Å². The van der Waals surface area contributed by atoms with E-state index >= 15 is 0 Å². The fourth-order valence-electron chi connectivity index (χ4n) is 4.54. The highest BCUT2D eigenvalue weighted by atomic mass is 16.3. The van der Waals surface area contributed by atoms with Crippen molar-refractivity contribution in [2.45, 2.75) is 57.5 Å². The van der Waals surface area contributed by atoms with Crippen LogP contribution in [0.5, 0.6) is 0 Å². The van der Waals surface area contributed by atoms with Crippen molar-refractivity contribution in [1.82, 2.24) is 15.2 Å². The van der Waals surface area contributed by atoms with E-state index in [0.29, 0.717) is 0 Å². The Labute approximate surface area is 145 Å². The molecule has 0 aromatic carbocycles. The second kappa shape index (κ2) is 7.85. The number of H-pyrrole nitrogens is 1. The number of hydrogen-bond donors (Lipinski definition) is 3. The van der Waals surface area contributed by atoms with Gasteiger partial charge in [0.15, 0.2) is 0 Å². The Morgan fingerprint density at radius 1 is 1.17 bits per heavy atom. The van der Waals surface area contributed by atoms with Crippen LogP contribution in [-0.2, 0) is 0 Å². The molecular weight excluding hydrogens is 298 g/mol. The first kappa shape index (κ1) is 17.7. The summed E-state index contributed by atoms with van der Waals surface area (Å²) in [6, 6.07) is 0. The van der Waals surface area contributed by atoms with Crippen LogP contribution in [0, 0.1) is 0 Å². The van der Waals surface area contributed by atoms with E-state index in [1.165, 1.54) is 22.6 Å². The summed E-state index contributed by atoms with van der Waals surface area (Å²) in [5, 5.41) is 17.4. The molecule has 134 valence electrons. The van der Waals surface area contributed by atoms with Crippen LogP contribution in [-0.4, -0.2) is 53.3 Å². The third kappa shape index (κ3) is 3.61. The van der Waals surface area contributed by atoms with E-state index in [4.69, 9.17) is 0 Å². The summed E-state index contributed by atoms with van der Waals surface area (Å²) in [4.78, 5) is 5.94. The van der Waals surface area contributed by atoms with Crippen molar-refractivity contribution in [2.24, 2.45) is 0 Å². The van der Waals surface area contributed by atoms with E-state index in [9.17, 15) is 5.11 Å². The van der Waals surface area contributed by atoms with Gasteiger partial charge in [-0.3, -0.25) is 0 Å². The molecule has 0 amide bonds. The molecule has 1 unspecified atom stereocenters. The van der Waals surface area contributed by atoms with Crippen LogP contribution in [0.15, 0.2) is 6.20 Å². The lowest BCUT2D eigenvalue weighted by Crippen LogP contribution is -2.50. The average molecular weight is 332 g/mol. The van der Waals surface area contributed by atoms with Gasteiger partial charge in [0.25, 0.3) is 0 Å². The lowest BCUT2D eigenvalue weighted by Gasteiger charge is -2.42. The highest BCUT2D eigenvalue weighted by Gasteiger charge is 2.40. The molecule has 1 aromatic rings. The predicted molar refractivity (Wildman–Crippen MR) is 100 cm³/mol. The molecule has 1 aromatic heterocycles. The number of hydrogen-bond acceptors (Lipinski definition) is 3. The van der Waals surface area contributed by atoms with Crippen molar-refractivity contribution in [1.29, 1.82) is 0 Å². The zero-order valence-electron chi connectivity index (χ0n) is 15.3. The van der Waals surface area contributed by atoms with Crippen molar-refractivity contribution in [3.63, 3.8) is 0 Å². The molecule has 2 aliphatic rings. The summed E-state index contributed by atoms with van der Waals surface area (Å²) >= 11 is 0. The van der Waals surface area contributed by atoms with Gasteiger partial charge in [-0.1, -0.05) is 31.4 Å². The van der Waals surface area contributed by atoms with Crippen LogP contribution in [0.2, 0.25) is 0 Å². The van der Waals surface area contributed by atoms with Crippen molar-refractivity contribution in [2.75, 3.05) is 32.7 Å². The molecule has 1 atom stereocenters. The molecule has 24 heavy (non-hydrogen) atoms. The second-order valence-electron chi connectivity index (χ2n) is 7.42. The predicted octanol–water partition coefficient (Wildman–Crippen LogP) is 1.30. The monoisotopic (exact) mass is 331 g/mol. The molecule has 3 N–H and O–H groups in total. The molecule has 1 saturated heterocycles. The fraction of sp³-hybridized carbons (Fsp3) is 0.700. The molecule has 2 fully saturated rings. The van der Waals surface area contributed by atoms with Gasteiger partial charge in [0.05, 0.1) is 5.60 Å². The number of aromatic nitrogens is 1. The van der Waals surface area contributed by atoms with E-state index in [0.717, 1.165) is 58.4 Å². The summed E-state index contributed by atoms with van der Waals surface area (Å²) in [5.74, 6) is 0.187. The Morgan fingerprint density at radius 2 is 1.88 bits per heavy atom. The maximum atomic E-state index is 11.5. The highest BCUT2D eigenvalue weighted by molar-refractivity contribution is 5.35. The summed E-state index contributed by atoms with van der Waals surface area (Å²) in [6.45, 7) is 9.40. The van der Waals surface area contributed by atoms with E-state index in [2.05, 4.69) is 47.4 Å². The van der Waals surface area contributed by atoms with Gasteiger partial charge in [-0.25, -0.2) is 0 Å². The third-order valence-corrected chi connectivity index (χ3v) is 5.96. The van der Waals surface area contributed by atoms with Crippen LogP contribution in [0.1, 0.15) is 57.4 Å². The van der Waals surface area contributed by atoms with Gasteiger partial charge in [0.1, 0.15) is 0 Å². The SMILES string of the molecule is C/C=c1/c(C(CN2CCNCC2)C2(O)CCCCC2)c[nH]/c1=C/C. The van der Waals surface area contributed by atoms with Crippen LogP contribution in [0.4, 0.5) is 0 Å². The van der Waals surface area contributed by atoms with Crippen LogP contribution >= 0.6 is 0 Å². The van der Waals surface area contributed by atoms with Gasteiger partial charge >= 0.3 is 0 Å². The summed E-state index contributed by atoms with van der Waals surface area (Å²) in [6.07, 6.45) is 11.9. The largest absolute Gasteiger partial charge is 0.389 e. The van der Waals surface area contributed by atoms with Crippen molar-refractivity contribution >= 4 is 12.2 Å². The maximum Gasteiger partial charge on any atom is 0.0729 e. The smallest absolute Gasteiger partial charge is 0.0729 e. The van der Waals surface area contributed by atoms with Gasteiger partial charge in [0, 0.05) is 50.2 Å². The molecule has 0 bridgehead atoms. The number of aromatic amines is 1. The van der Waals surface area contributed by atoms with E-state index < -0.39 is 5.60 Å². The molecular formula is C20H33N3O. The Kier molecular flexibility index (Phi) is 5.80. The molecule has 4 heteroatoms. The zero-order chi connectivity index (χ0) is 17.0. The molecule has 1 aliphatic carbocycles. The Balaban J connectivity index is 1.96. The minimum Gasteiger partial charge on any atom is -0.389 e. The van der Waals surface area contributed by atoms with Gasteiger partial charge in [-0.15, -0.1) is 0 Å². The van der Waals surface area contributed by atoms with Gasteiger partial charge in [-0.2, -0.15) is 0 Å². The number of aliphatic hydroxyl groups is 1.